The van der Waals surface area contributed by atoms with Crippen LogP contribution in [0, 0.1) is 34.9 Å². The first-order chi connectivity index (χ1) is 12.5. The molecule has 1 aromatic carbocycles. The monoisotopic (exact) mass is 355 g/mol. The molecule has 0 spiro atoms. The van der Waals surface area contributed by atoms with Gasteiger partial charge in [0, 0.05) is 12.0 Å². The van der Waals surface area contributed by atoms with Crippen LogP contribution in [-0.4, -0.2) is 16.1 Å². The van der Waals surface area contributed by atoms with E-state index in [0.717, 1.165) is 31.1 Å². The van der Waals surface area contributed by atoms with Gasteiger partial charge in [-0.25, -0.2) is 9.37 Å². The molecule has 3 saturated carbocycles. The quantitative estimate of drug-likeness (QED) is 0.874. The molecule has 1 heterocycles. The van der Waals surface area contributed by atoms with Crippen molar-refractivity contribution < 1.29 is 18.7 Å². The highest BCUT2D eigenvalue weighted by atomic mass is 19.1. The minimum absolute atomic E-state index is 0.267. The molecular weight excluding hydrogens is 333 g/mol. The van der Waals surface area contributed by atoms with Crippen molar-refractivity contribution in [1.29, 1.82) is 0 Å². The van der Waals surface area contributed by atoms with Crippen LogP contribution in [0.25, 0.3) is 11.5 Å². The van der Waals surface area contributed by atoms with E-state index < -0.39 is 11.4 Å². The number of nitrogens with zero attached hydrogens (tertiary/aromatic N) is 1. The first-order valence-electron chi connectivity index (χ1n) is 9.49. The minimum atomic E-state index is -0.715. The van der Waals surface area contributed by atoms with Gasteiger partial charge in [-0.1, -0.05) is 0 Å². The number of hydrogen-bond acceptors (Lipinski definition) is 3. The third-order valence-electron chi connectivity index (χ3n) is 7.19. The summed E-state index contributed by atoms with van der Waals surface area (Å²) < 4.78 is 18.7. The van der Waals surface area contributed by atoms with Gasteiger partial charge in [0.05, 0.1) is 11.1 Å². The summed E-state index contributed by atoms with van der Waals surface area (Å²) in [5, 5.41) is 10.2. The third kappa shape index (κ3) is 2.32. The number of fused-ring (bicyclic) bond motifs is 1. The Bertz CT molecular complexity index is 845. The molecule has 3 aliphatic rings. The Morgan fingerprint density at radius 2 is 2.08 bits per heavy atom. The summed E-state index contributed by atoms with van der Waals surface area (Å²) in [6.45, 7) is 0. The normalized spacial score (nSPS) is 35.0. The minimum Gasteiger partial charge on any atom is -0.481 e. The van der Waals surface area contributed by atoms with Crippen LogP contribution in [0.15, 0.2) is 34.9 Å². The Hall–Kier alpha value is -2.17. The van der Waals surface area contributed by atoms with E-state index in [1.807, 2.05) is 0 Å². The molecule has 0 amide bonds. The van der Waals surface area contributed by atoms with Crippen LogP contribution in [0.5, 0.6) is 0 Å². The first kappa shape index (κ1) is 16.0. The summed E-state index contributed by atoms with van der Waals surface area (Å²) in [5.41, 5.74) is 0.673. The van der Waals surface area contributed by atoms with Crippen LogP contribution in [0.3, 0.4) is 0 Å². The standard InChI is InChI=1S/C21H22FNO3/c22-15-3-1-13(2-4-15)19-23-16(11-26-19)10-21(20(24)25)6-5-14-7-12-8-17(14)18(21)9-12/h1-4,11-12,14,17-18H,5-10H2,(H,24,25). The molecular formula is C21H22FNO3. The van der Waals surface area contributed by atoms with E-state index in [2.05, 4.69) is 4.98 Å². The van der Waals surface area contributed by atoms with Gasteiger partial charge in [-0.3, -0.25) is 4.79 Å². The second-order valence-electron chi connectivity index (χ2n) is 8.43. The summed E-state index contributed by atoms with van der Waals surface area (Å²) in [5.74, 6) is 1.73. The summed E-state index contributed by atoms with van der Waals surface area (Å²) in [7, 11) is 0. The van der Waals surface area contributed by atoms with Crippen LogP contribution in [0.2, 0.25) is 0 Å². The number of carbonyl (C=O) groups is 1. The van der Waals surface area contributed by atoms with E-state index in [9.17, 15) is 14.3 Å². The Morgan fingerprint density at radius 1 is 1.27 bits per heavy atom. The van der Waals surface area contributed by atoms with Gasteiger partial charge in [-0.15, -0.1) is 0 Å². The van der Waals surface area contributed by atoms with Crippen molar-refractivity contribution in [2.45, 2.75) is 38.5 Å². The van der Waals surface area contributed by atoms with E-state index >= 15 is 0 Å². The molecule has 3 fully saturated rings. The average Bonchev–Trinajstić information content (AvgIpc) is 3.34. The first-order valence-corrected chi connectivity index (χ1v) is 9.49. The lowest BCUT2D eigenvalue weighted by Crippen LogP contribution is -2.48. The Labute approximate surface area is 151 Å². The Balaban J connectivity index is 1.44. The Kier molecular flexibility index (Phi) is 3.49. The summed E-state index contributed by atoms with van der Waals surface area (Å²) in [4.78, 5) is 16.9. The average molecular weight is 355 g/mol. The lowest BCUT2D eigenvalue weighted by molar-refractivity contribution is -0.159. The van der Waals surface area contributed by atoms with Gasteiger partial charge in [-0.05, 0) is 80.0 Å². The van der Waals surface area contributed by atoms with Gasteiger partial charge in [0.25, 0.3) is 0 Å². The van der Waals surface area contributed by atoms with Crippen molar-refractivity contribution in [3.8, 4) is 11.5 Å². The molecule has 0 radical (unpaired) electrons. The molecule has 2 aromatic rings. The van der Waals surface area contributed by atoms with E-state index in [4.69, 9.17) is 4.42 Å². The second-order valence-corrected chi connectivity index (χ2v) is 8.43. The van der Waals surface area contributed by atoms with Crippen LogP contribution in [-0.2, 0) is 11.2 Å². The highest BCUT2D eigenvalue weighted by Gasteiger charge is 2.60. The predicted molar refractivity (Wildman–Crippen MR) is 92.7 cm³/mol. The number of oxazole rings is 1. The molecule has 0 aliphatic heterocycles. The van der Waals surface area contributed by atoms with Crippen LogP contribution in [0.4, 0.5) is 4.39 Å². The molecule has 1 N–H and O–H groups in total. The molecule has 5 rings (SSSR count). The van der Waals surface area contributed by atoms with Gasteiger partial charge < -0.3 is 9.52 Å². The third-order valence-corrected chi connectivity index (χ3v) is 7.19. The van der Waals surface area contributed by atoms with E-state index in [1.165, 1.54) is 25.0 Å². The number of carboxylic acids is 1. The predicted octanol–water partition coefficient (Wildman–Crippen LogP) is 4.55. The second kappa shape index (κ2) is 5.66. The van der Waals surface area contributed by atoms with Crippen molar-refractivity contribution in [3.05, 3.63) is 42.0 Å². The molecule has 0 saturated heterocycles. The topological polar surface area (TPSA) is 63.3 Å². The molecule has 136 valence electrons. The van der Waals surface area contributed by atoms with Crippen molar-refractivity contribution in [3.63, 3.8) is 0 Å². The smallest absolute Gasteiger partial charge is 0.310 e. The maximum Gasteiger partial charge on any atom is 0.310 e. The number of hydrogen-bond donors (Lipinski definition) is 1. The van der Waals surface area contributed by atoms with Gasteiger partial charge in [-0.2, -0.15) is 0 Å². The number of aromatic nitrogens is 1. The number of benzene rings is 1. The lowest BCUT2D eigenvalue weighted by atomic mass is 9.56. The lowest BCUT2D eigenvalue weighted by Gasteiger charge is -2.47. The van der Waals surface area contributed by atoms with E-state index in [1.54, 1.807) is 18.4 Å². The zero-order valence-electron chi connectivity index (χ0n) is 14.5. The number of aliphatic carboxylic acids is 1. The molecule has 4 nitrogen and oxygen atoms in total. The number of halogens is 1. The van der Waals surface area contributed by atoms with Crippen molar-refractivity contribution in [2.75, 3.05) is 0 Å². The maximum atomic E-state index is 13.1. The fraction of sp³-hybridized carbons (Fsp3) is 0.524. The van der Waals surface area contributed by atoms with Gasteiger partial charge in [0.2, 0.25) is 5.89 Å². The largest absolute Gasteiger partial charge is 0.481 e. The fourth-order valence-corrected chi connectivity index (χ4v) is 6.09. The number of rotatable bonds is 4. The molecule has 5 heteroatoms. The maximum absolute atomic E-state index is 13.1. The molecule has 5 unspecified atom stereocenters. The molecule has 2 bridgehead atoms. The van der Waals surface area contributed by atoms with Crippen LogP contribution >= 0.6 is 0 Å². The zero-order valence-corrected chi connectivity index (χ0v) is 14.5. The Morgan fingerprint density at radius 3 is 2.81 bits per heavy atom. The van der Waals surface area contributed by atoms with Gasteiger partial charge in [0.1, 0.15) is 12.1 Å². The fourth-order valence-electron chi connectivity index (χ4n) is 6.09. The summed E-state index contributed by atoms with van der Waals surface area (Å²) in [6, 6.07) is 5.99. The highest BCUT2D eigenvalue weighted by molar-refractivity contribution is 5.76. The van der Waals surface area contributed by atoms with Crippen LogP contribution < -0.4 is 0 Å². The van der Waals surface area contributed by atoms with Crippen molar-refractivity contribution in [1.82, 2.24) is 4.98 Å². The summed E-state index contributed by atoms with van der Waals surface area (Å²) >= 11 is 0. The molecule has 3 aliphatic carbocycles. The SMILES string of the molecule is O=C(O)C1(Cc2coc(-c3ccc(F)cc3)n2)CCC2CC3CC2C1C3. The van der Waals surface area contributed by atoms with Crippen LogP contribution in [0.1, 0.15) is 37.8 Å². The molecule has 5 atom stereocenters. The van der Waals surface area contributed by atoms with E-state index in [-0.39, 0.29) is 11.7 Å². The molecule has 1 aromatic heterocycles. The highest BCUT2D eigenvalue weighted by Crippen LogP contribution is 2.64. The number of carboxylic acid groups (broad SMARTS) is 1. The molecule has 26 heavy (non-hydrogen) atoms. The van der Waals surface area contributed by atoms with E-state index in [0.29, 0.717) is 29.5 Å². The van der Waals surface area contributed by atoms with Crippen molar-refractivity contribution in [2.24, 2.45) is 29.1 Å². The zero-order chi connectivity index (χ0) is 17.9. The van der Waals surface area contributed by atoms with Crippen molar-refractivity contribution >= 4 is 5.97 Å². The summed E-state index contributed by atoms with van der Waals surface area (Å²) in [6.07, 6.45) is 7.32. The van der Waals surface area contributed by atoms with Gasteiger partial charge >= 0.3 is 5.97 Å². The van der Waals surface area contributed by atoms with Gasteiger partial charge in [0.15, 0.2) is 0 Å².